The van der Waals surface area contributed by atoms with Gasteiger partial charge in [0.25, 0.3) is 0 Å². The van der Waals surface area contributed by atoms with Crippen LogP contribution < -0.4 is 0 Å². The maximum atomic E-state index is 10.2. The van der Waals surface area contributed by atoms with E-state index in [-0.39, 0.29) is 0 Å². The van der Waals surface area contributed by atoms with E-state index in [0.717, 1.165) is 77.2 Å². The molecule has 0 fully saturated rings. The minimum absolute atomic E-state index is 0.549. The molecule has 0 aliphatic heterocycles. The molecule has 0 atom stereocenters. The Morgan fingerprint density at radius 2 is 0.980 bits per heavy atom. The van der Waals surface area contributed by atoms with E-state index in [2.05, 4.69) is 106 Å². The number of hydrogen-bond donors (Lipinski definition) is 0. The average molecular weight is 636 g/mol. The van der Waals surface area contributed by atoms with E-state index in [1.165, 1.54) is 0 Å². The van der Waals surface area contributed by atoms with Crippen molar-refractivity contribution in [2.45, 2.75) is 0 Å². The van der Waals surface area contributed by atoms with E-state index in [1.54, 1.807) is 0 Å². The number of benzene rings is 7. The molecule has 0 spiro atoms. The van der Waals surface area contributed by atoms with Crippen molar-refractivity contribution in [2.75, 3.05) is 0 Å². The van der Waals surface area contributed by atoms with Crippen molar-refractivity contribution in [1.82, 2.24) is 9.13 Å². The van der Waals surface area contributed by atoms with Gasteiger partial charge in [-0.15, -0.1) is 0 Å². The van der Waals surface area contributed by atoms with Crippen molar-refractivity contribution in [2.24, 2.45) is 0 Å². The number of fused-ring (bicyclic) bond motifs is 6. The second-order valence-electron chi connectivity index (χ2n) is 12.4. The molecule has 2 aromatic heterocycles. The number of rotatable bonds is 4. The van der Waals surface area contributed by atoms with Gasteiger partial charge in [0.1, 0.15) is 0 Å². The predicted molar refractivity (Wildman–Crippen MR) is 200 cm³/mol. The van der Waals surface area contributed by atoms with Crippen molar-refractivity contribution < 1.29 is 0 Å². The molecular weight excluding hydrogens is 611 g/mol. The zero-order valence-corrected chi connectivity index (χ0v) is 26.7. The maximum absolute atomic E-state index is 10.2. The maximum Gasteiger partial charge on any atom is 0.0992 e. The number of aromatic nitrogens is 2. The summed E-state index contributed by atoms with van der Waals surface area (Å²) >= 11 is 0. The van der Waals surface area contributed by atoms with Crippen LogP contribution in [0.1, 0.15) is 16.7 Å². The fourth-order valence-corrected chi connectivity index (χ4v) is 7.37. The number of nitriles is 3. The fourth-order valence-electron chi connectivity index (χ4n) is 7.37. The van der Waals surface area contributed by atoms with E-state index in [0.29, 0.717) is 16.7 Å². The van der Waals surface area contributed by atoms with Gasteiger partial charge >= 0.3 is 0 Å². The lowest BCUT2D eigenvalue weighted by Crippen LogP contribution is -1.98. The molecular formula is C45H25N5. The topological polar surface area (TPSA) is 81.2 Å². The van der Waals surface area contributed by atoms with E-state index in [1.807, 2.05) is 72.8 Å². The Hall–Kier alpha value is -7.39. The van der Waals surface area contributed by atoms with Gasteiger partial charge in [-0.2, -0.15) is 15.8 Å². The van der Waals surface area contributed by atoms with Crippen LogP contribution in [0.25, 0.3) is 77.2 Å². The molecule has 0 aliphatic carbocycles. The van der Waals surface area contributed by atoms with Crippen molar-refractivity contribution in [3.05, 3.63) is 168 Å². The minimum Gasteiger partial charge on any atom is -0.309 e. The Kier molecular flexibility index (Phi) is 6.56. The molecule has 7 aromatic carbocycles. The van der Waals surface area contributed by atoms with Crippen LogP contribution in [0, 0.1) is 34.0 Å². The molecule has 9 rings (SSSR count). The quantitative estimate of drug-likeness (QED) is 0.193. The summed E-state index contributed by atoms with van der Waals surface area (Å²) in [7, 11) is 0. The van der Waals surface area contributed by atoms with Crippen LogP contribution in [0.4, 0.5) is 0 Å². The summed E-state index contributed by atoms with van der Waals surface area (Å²) in [6, 6.07) is 57.9. The number of para-hydroxylation sites is 3. The van der Waals surface area contributed by atoms with Gasteiger partial charge in [0, 0.05) is 32.8 Å². The molecule has 0 aliphatic rings. The highest BCUT2D eigenvalue weighted by Gasteiger charge is 2.18. The first-order chi connectivity index (χ1) is 24.6. The first-order valence-corrected chi connectivity index (χ1v) is 16.3. The first-order valence-electron chi connectivity index (χ1n) is 16.3. The van der Waals surface area contributed by atoms with Crippen LogP contribution in [0.3, 0.4) is 0 Å². The zero-order valence-electron chi connectivity index (χ0n) is 26.7. The Labute approximate surface area is 287 Å². The average Bonchev–Trinajstić information content (AvgIpc) is 3.69. The van der Waals surface area contributed by atoms with Gasteiger partial charge < -0.3 is 9.13 Å². The molecule has 0 saturated heterocycles. The summed E-state index contributed by atoms with van der Waals surface area (Å²) in [5, 5.41) is 33.8. The molecule has 2 heterocycles. The SMILES string of the molecule is N#Cc1cc(-c2cccc(-c3ccccc3-n3c4ccccc4c4cc(C#N)ccc43)c2)cc(-n2c3ccccc3c3ccc(C#N)cc32)c1. The third kappa shape index (κ3) is 4.45. The van der Waals surface area contributed by atoms with E-state index < -0.39 is 0 Å². The fraction of sp³-hybridized carbons (Fsp3) is 0. The Bertz CT molecular complexity index is 2970. The molecule has 50 heavy (non-hydrogen) atoms. The van der Waals surface area contributed by atoms with Crippen molar-refractivity contribution in [3.63, 3.8) is 0 Å². The van der Waals surface area contributed by atoms with Crippen LogP contribution in [0.2, 0.25) is 0 Å². The summed E-state index contributed by atoms with van der Waals surface area (Å²) in [5.41, 5.74) is 11.7. The molecule has 0 radical (unpaired) electrons. The minimum atomic E-state index is 0.549. The third-order valence-corrected chi connectivity index (χ3v) is 9.56. The van der Waals surface area contributed by atoms with Gasteiger partial charge in [-0.3, -0.25) is 0 Å². The van der Waals surface area contributed by atoms with Gasteiger partial charge in [0.2, 0.25) is 0 Å². The van der Waals surface area contributed by atoms with E-state index >= 15 is 0 Å². The summed E-state index contributed by atoms with van der Waals surface area (Å²) in [6.45, 7) is 0. The van der Waals surface area contributed by atoms with Gasteiger partial charge in [0.05, 0.1) is 62.7 Å². The summed E-state index contributed by atoms with van der Waals surface area (Å²) < 4.78 is 4.43. The largest absolute Gasteiger partial charge is 0.309 e. The summed E-state index contributed by atoms with van der Waals surface area (Å²) in [6.07, 6.45) is 0. The highest BCUT2D eigenvalue weighted by atomic mass is 15.0. The molecule has 5 nitrogen and oxygen atoms in total. The third-order valence-electron chi connectivity index (χ3n) is 9.56. The molecule has 230 valence electrons. The van der Waals surface area contributed by atoms with Gasteiger partial charge in [-0.1, -0.05) is 78.9 Å². The molecule has 9 aromatic rings. The lowest BCUT2D eigenvalue weighted by atomic mass is 9.96. The van der Waals surface area contributed by atoms with Crippen LogP contribution in [0.5, 0.6) is 0 Å². The zero-order chi connectivity index (χ0) is 33.8. The Morgan fingerprint density at radius 3 is 1.78 bits per heavy atom. The number of nitrogens with zero attached hydrogens (tertiary/aromatic N) is 5. The van der Waals surface area contributed by atoms with Crippen LogP contribution in [-0.2, 0) is 0 Å². The van der Waals surface area contributed by atoms with Crippen molar-refractivity contribution in [3.8, 4) is 51.8 Å². The molecule has 0 N–H and O–H groups in total. The van der Waals surface area contributed by atoms with Crippen LogP contribution in [-0.4, -0.2) is 9.13 Å². The lowest BCUT2D eigenvalue weighted by Gasteiger charge is -2.15. The van der Waals surface area contributed by atoms with Gasteiger partial charge in [-0.25, -0.2) is 0 Å². The smallest absolute Gasteiger partial charge is 0.0992 e. The standard InChI is InChI=1S/C45H25N5/c46-26-29-17-19-44-40(22-29)38-12-3-6-15-43(38)50(44)41-13-4-1-10-36(41)33-9-7-8-32(24-33)34-20-31(28-48)21-35(25-34)49-42-14-5-2-11-37(42)39-18-16-30(27-47)23-45(39)49/h1-25H. The lowest BCUT2D eigenvalue weighted by molar-refractivity contribution is 1.18. The summed E-state index contributed by atoms with van der Waals surface area (Å²) in [4.78, 5) is 0. The van der Waals surface area contributed by atoms with E-state index in [4.69, 9.17) is 0 Å². The molecule has 0 amide bonds. The van der Waals surface area contributed by atoms with Crippen molar-refractivity contribution in [1.29, 1.82) is 15.8 Å². The van der Waals surface area contributed by atoms with Crippen LogP contribution >= 0.6 is 0 Å². The highest BCUT2D eigenvalue weighted by Crippen LogP contribution is 2.39. The normalized spacial score (nSPS) is 11.1. The van der Waals surface area contributed by atoms with Crippen LogP contribution in [0.15, 0.2) is 152 Å². The first kappa shape index (κ1) is 28.8. The van der Waals surface area contributed by atoms with Gasteiger partial charge in [0.15, 0.2) is 0 Å². The van der Waals surface area contributed by atoms with Crippen molar-refractivity contribution >= 4 is 43.6 Å². The predicted octanol–water partition coefficient (Wildman–Crippen LogP) is 10.8. The second-order valence-corrected chi connectivity index (χ2v) is 12.4. The summed E-state index contributed by atoms with van der Waals surface area (Å²) in [5.74, 6) is 0. The molecule has 5 heteroatoms. The Balaban J connectivity index is 1.23. The monoisotopic (exact) mass is 635 g/mol. The molecule has 0 bridgehead atoms. The number of hydrogen-bond acceptors (Lipinski definition) is 3. The molecule has 0 unspecified atom stereocenters. The van der Waals surface area contributed by atoms with E-state index in [9.17, 15) is 15.8 Å². The molecule has 0 saturated carbocycles. The Morgan fingerprint density at radius 1 is 0.360 bits per heavy atom. The highest BCUT2D eigenvalue weighted by molar-refractivity contribution is 6.11. The van der Waals surface area contributed by atoms with Gasteiger partial charge in [-0.05, 0) is 89.5 Å². The second kappa shape index (κ2) is 11.4.